The summed E-state index contributed by atoms with van der Waals surface area (Å²) in [6, 6.07) is 3.76. The Morgan fingerprint density at radius 1 is 1.22 bits per heavy atom. The first-order valence-corrected chi connectivity index (χ1v) is 10.1. The average molecular weight is 458 g/mol. The first-order valence-electron chi connectivity index (χ1n) is 10.1. The fourth-order valence-electron chi connectivity index (χ4n) is 4.14. The summed E-state index contributed by atoms with van der Waals surface area (Å²) in [7, 11) is 0. The van der Waals surface area contributed by atoms with Crippen LogP contribution < -0.4 is 15.1 Å². The van der Waals surface area contributed by atoms with E-state index in [1.165, 1.54) is 12.1 Å². The maximum atomic E-state index is 14.9. The van der Waals surface area contributed by atoms with E-state index < -0.39 is 37.0 Å². The molecule has 0 aliphatic carbocycles. The van der Waals surface area contributed by atoms with Crippen molar-refractivity contribution in [1.29, 1.82) is 0 Å². The number of alkyl halides is 2. The number of anilines is 2. The highest BCUT2D eigenvalue weighted by atomic mass is 19.3. The molecule has 32 heavy (non-hydrogen) atoms. The van der Waals surface area contributed by atoms with Gasteiger partial charge in [-0.05, 0) is 32.0 Å². The number of carbonyl (C=O) groups is 3. The Balaban J connectivity index is 1.67. The quantitative estimate of drug-likeness (QED) is 0.658. The van der Waals surface area contributed by atoms with Crippen molar-refractivity contribution in [2.75, 3.05) is 42.6 Å². The molecule has 1 aromatic carbocycles. The zero-order valence-corrected chi connectivity index (χ0v) is 17.6. The van der Waals surface area contributed by atoms with Gasteiger partial charge in [0.25, 0.3) is 5.91 Å². The van der Waals surface area contributed by atoms with Crippen molar-refractivity contribution in [3.8, 4) is 0 Å². The van der Waals surface area contributed by atoms with Gasteiger partial charge in [0.2, 0.25) is 5.91 Å². The van der Waals surface area contributed by atoms with Crippen LogP contribution in [0.1, 0.15) is 13.8 Å². The van der Waals surface area contributed by atoms with Gasteiger partial charge in [-0.25, -0.2) is 9.18 Å². The molecule has 3 amide bonds. The van der Waals surface area contributed by atoms with Crippen LogP contribution >= 0.6 is 0 Å². The van der Waals surface area contributed by atoms with Gasteiger partial charge in [0, 0.05) is 25.2 Å². The van der Waals surface area contributed by atoms with Crippen LogP contribution in [0.15, 0.2) is 18.2 Å². The maximum Gasteiger partial charge on any atom is 0.414 e. The van der Waals surface area contributed by atoms with Gasteiger partial charge in [-0.1, -0.05) is 0 Å². The number of rotatable bonds is 6. The molecule has 2 fully saturated rings. The summed E-state index contributed by atoms with van der Waals surface area (Å²) in [6.45, 7) is 3.46. The van der Waals surface area contributed by atoms with Gasteiger partial charge in [-0.15, -0.1) is 0 Å². The van der Waals surface area contributed by atoms with E-state index in [0.29, 0.717) is 18.8 Å². The van der Waals surface area contributed by atoms with E-state index in [9.17, 15) is 27.6 Å². The van der Waals surface area contributed by atoms with E-state index in [1.807, 2.05) is 19.2 Å². The second kappa shape index (κ2) is 9.63. The van der Waals surface area contributed by atoms with Gasteiger partial charge in [0.1, 0.15) is 18.5 Å². The van der Waals surface area contributed by atoms with Crippen LogP contribution in [-0.4, -0.2) is 85.3 Å². The summed E-state index contributed by atoms with van der Waals surface area (Å²) in [6.07, 6.45) is -4.78. The van der Waals surface area contributed by atoms with Crippen molar-refractivity contribution in [3.63, 3.8) is 0 Å². The van der Waals surface area contributed by atoms with Crippen molar-refractivity contribution in [2.45, 2.75) is 38.5 Å². The summed E-state index contributed by atoms with van der Waals surface area (Å²) in [5.41, 5.74) is 0.533. The molecule has 2 aliphatic heterocycles. The number of halogens is 3. The Morgan fingerprint density at radius 3 is 2.44 bits per heavy atom. The van der Waals surface area contributed by atoms with Crippen LogP contribution in [0.2, 0.25) is 0 Å². The molecule has 0 spiro atoms. The monoisotopic (exact) mass is 458 g/mol. The Labute approximate surface area is 182 Å². The number of cyclic esters (lactones) is 1. The molecule has 2 N–H and O–H groups in total. The number of hydrogen-bond acceptors (Lipinski definition) is 6. The lowest BCUT2D eigenvalue weighted by Crippen LogP contribution is -2.59. The number of nitrogens with one attached hydrogen (secondary N) is 1. The minimum absolute atomic E-state index is 0.0306. The van der Waals surface area contributed by atoms with Gasteiger partial charge in [-0.2, -0.15) is 8.78 Å². The molecule has 0 aromatic heterocycles. The molecular formula is C20H25F3N4O5. The molecule has 9 nitrogen and oxygen atoms in total. The van der Waals surface area contributed by atoms with Gasteiger partial charge in [-0.3, -0.25) is 14.5 Å². The summed E-state index contributed by atoms with van der Waals surface area (Å²) in [4.78, 5) is 39.6. The lowest BCUT2D eigenvalue weighted by Gasteiger charge is -2.45. The normalized spacial score (nSPS) is 23.5. The summed E-state index contributed by atoms with van der Waals surface area (Å²) >= 11 is 0. The SMILES string of the molecule is CC1CN(c2ccc(N3CC(CNC(=O)C(F)F)OC3=O)cc2F)CC(C)N1C(=O)CO. The Bertz CT molecular complexity index is 875. The Kier molecular flexibility index (Phi) is 7.12. The highest BCUT2D eigenvalue weighted by Crippen LogP contribution is 2.30. The molecule has 3 unspecified atom stereocenters. The molecule has 3 rings (SSSR count). The van der Waals surface area contributed by atoms with E-state index in [-0.39, 0.29) is 36.8 Å². The highest BCUT2D eigenvalue weighted by Gasteiger charge is 2.35. The number of amides is 3. The van der Waals surface area contributed by atoms with Crippen LogP contribution in [0, 0.1) is 5.82 Å². The average Bonchev–Trinajstić information content (AvgIpc) is 3.11. The smallest absolute Gasteiger partial charge is 0.414 e. The number of carbonyl (C=O) groups excluding carboxylic acids is 3. The number of ether oxygens (including phenoxy) is 1. The first kappa shape index (κ1) is 23.6. The van der Waals surface area contributed by atoms with E-state index in [0.717, 1.165) is 4.90 Å². The zero-order valence-electron chi connectivity index (χ0n) is 17.6. The number of hydrogen-bond donors (Lipinski definition) is 2. The van der Waals surface area contributed by atoms with Gasteiger partial charge in [0.05, 0.1) is 24.5 Å². The number of nitrogens with zero attached hydrogens (tertiary/aromatic N) is 3. The molecule has 0 radical (unpaired) electrons. The minimum Gasteiger partial charge on any atom is -0.442 e. The van der Waals surface area contributed by atoms with Gasteiger partial charge in [0.15, 0.2) is 0 Å². The van der Waals surface area contributed by atoms with E-state index >= 15 is 0 Å². The van der Waals surface area contributed by atoms with Crippen LogP contribution in [0.4, 0.5) is 29.3 Å². The van der Waals surface area contributed by atoms with Gasteiger partial charge < -0.3 is 25.0 Å². The number of aliphatic hydroxyl groups excluding tert-OH is 1. The fourth-order valence-corrected chi connectivity index (χ4v) is 4.14. The molecule has 0 saturated carbocycles. The largest absolute Gasteiger partial charge is 0.442 e. The number of aliphatic hydroxyl groups is 1. The molecule has 3 atom stereocenters. The lowest BCUT2D eigenvalue weighted by atomic mass is 10.1. The van der Waals surface area contributed by atoms with Crippen LogP contribution in [0.5, 0.6) is 0 Å². The summed E-state index contributed by atoms with van der Waals surface area (Å²) in [5.74, 6) is -2.42. The standard InChI is InChI=1S/C20H25F3N4O5/c1-11-7-25(8-12(2)27(11)17(29)10-28)16-4-3-13(5-15(16)21)26-9-14(32-20(26)31)6-24-19(30)18(22)23/h3-5,11-12,14,18,28H,6-10H2,1-2H3,(H,24,30). The van der Waals surface area contributed by atoms with Crippen molar-refractivity contribution >= 4 is 29.3 Å². The third-order valence-electron chi connectivity index (χ3n) is 5.50. The molecule has 176 valence electrons. The van der Waals surface area contributed by atoms with E-state index in [1.54, 1.807) is 15.9 Å². The third-order valence-corrected chi connectivity index (χ3v) is 5.50. The highest BCUT2D eigenvalue weighted by molar-refractivity contribution is 5.90. The van der Waals surface area contributed by atoms with Crippen molar-refractivity contribution in [2.24, 2.45) is 0 Å². The topological polar surface area (TPSA) is 102 Å². The molecular weight excluding hydrogens is 433 g/mol. The second-order valence-corrected chi connectivity index (χ2v) is 7.86. The van der Waals surface area contributed by atoms with E-state index in [4.69, 9.17) is 9.84 Å². The molecule has 12 heteroatoms. The van der Waals surface area contributed by atoms with Crippen molar-refractivity contribution in [3.05, 3.63) is 24.0 Å². The summed E-state index contributed by atoms with van der Waals surface area (Å²) < 4.78 is 44.6. The summed E-state index contributed by atoms with van der Waals surface area (Å²) in [5, 5.41) is 11.1. The molecule has 2 saturated heterocycles. The third kappa shape index (κ3) is 4.90. The van der Waals surface area contributed by atoms with Crippen LogP contribution in [0.3, 0.4) is 0 Å². The Hall–Kier alpha value is -3.02. The van der Waals surface area contributed by atoms with Crippen molar-refractivity contribution in [1.82, 2.24) is 10.2 Å². The lowest BCUT2D eigenvalue weighted by molar-refractivity contribution is -0.139. The van der Waals surface area contributed by atoms with Crippen LogP contribution in [0.25, 0.3) is 0 Å². The second-order valence-electron chi connectivity index (χ2n) is 7.86. The van der Waals surface area contributed by atoms with Crippen LogP contribution in [-0.2, 0) is 14.3 Å². The minimum atomic E-state index is -3.17. The molecule has 0 bridgehead atoms. The van der Waals surface area contributed by atoms with Crippen molar-refractivity contribution < 1.29 is 37.4 Å². The van der Waals surface area contributed by atoms with E-state index in [2.05, 4.69) is 0 Å². The zero-order chi connectivity index (χ0) is 23.6. The predicted octanol–water partition coefficient (Wildman–Crippen LogP) is 0.950. The molecule has 1 aromatic rings. The predicted molar refractivity (Wildman–Crippen MR) is 108 cm³/mol. The molecule has 2 heterocycles. The van der Waals surface area contributed by atoms with Gasteiger partial charge >= 0.3 is 12.5 Å². The first-order chi connectivity index (χ1) is 15.1. The maximum absolute atomic E-state index is 14.9. The number of benzene rings is 1. The fraction of sp³-hybridized carbons (Fsp3) is 0.550. The molecule has 2 aliphatic rings. The Morgan fingerprint density at radius 2 is 1.88 bits per heavy atom. The number of piperazine rings is 1.